The molecule has 2 aromatic rings. The van der Waals surface area contributed by atoms with Gasteiger partial charge in [0.15, 0.2) is 11.2 Å². The molecule has 0 saturated heterocycles. The Morgan fingerprint density at radius 3 is 2.75 bits per heavy atom. The smallest absolute Gasteiger partial charge is 0.341 e. The molecule has 0 aliphatic heterocycles. The van der Waals surface area contributed by atoms with Crippen molar-refractivity contribution in [1.29, 1.82) is 0 Å². The van der Waals surface area contributed by atoms with Crippen LogP contribution in [0.2, 0.25) is 0 Å². The molecule has 24 heavy (non-hydrogen) atoms. The van der Waals surface area contributed by atoms with Gasteiger partial charge in [-0.2, -0.15) is 0 Å². The van der Waals surface area contributed by atoms with Gasteiger partial charge in [0.2, 0.25) is 0 Å². The second-order valence-electron chi connectivity index (χ2n) is 6.10. The Morgan fingerprint density at radius 1 is 1.33 bits per heavy atom. The van der Waals surface area contributed by atoms with Crippen molar-refractivity contribution in [2.24, 2.45) is 5.92 Å². The zero-order valence-electron chi connectivity index (χ0n) is 13.6. The number of rotatable bonds is 5. The van der Waals surface area contributed by atoms with Crippen LogP contribution in [0.3, 0.4) is 0 Å². The van der Waals surface area contributed by atoms with Gasteiger partial charge < -0.3 is 9.15 Å². The summed E-state index contributed by atoms with van der Waals surface area (Å²) < 4.78 is 10.8. The summed E-state index contributed by atoms with van der Waals surface area (Å²) in [6, 6.07) is 6.44. The van der Waals surface area contributed by atoms with Gasteiger partial charge in [0.1, 0.15) is 16.9 Å². The highest BCUT2D eigenvalue weighted by Crippen LogP contribution is 2.29. The largest absolute Gasteiger partial charge is 0.462 e. The van der Waals surface area contributed by atoms with E-state index in [1.807, 2.05) is 0 Å². The molecular formula is C19H18O5. The van der Waals surface area contributed by atoms with Crippen molar-refractivity contribution < 1.29 is 18.7 Å². The lowest BCUT2D eigenvalue weighted by molar-refractivity contribution is -0.140. The van der Waals surface area contributed by atoms with Crippen LogP contribution in [-0.4, -0.2) is 18.4 Å². The average molecular weight is 326 g/mol. The van der Waals surface area contributed by atoms with Crippen molar-refractivity contribution in [2.45, 2.75) is 26.7 Å². The quantitative estimate of drug-likeness (QED) is 0.365. The second-order valence-corrected chi connectivity index (χ2v) is 6.10. The van der Waals surface area contributed by atoms with E-state index in [0.717, 1.165) is 12.8 Å². The minimum atomic E-state index is -0.638. The summed E-state index contributed by atoms with van der Waals surface area (Å²) in [6.45, 7) is 3.33. The highest BCUT2D eigenvalue weighted by Gasteiger charge is 2.25. The summed E-state index contributed by atoms with van der Waals surface area (Å²) in [5, 5.41) is 0.406. The number of fused-ring (bicyclic) bond motifs is 1. The lowest BCUT2D eigenvalue weighted by atomic mass is 10.1. The van der Waals surface area contributed by atoms with E-state index in [-0.39, 0.29) is 16.8 Å². The third-order valence-corrected chi connectivity index (χ3v) is 3.95. The first-order valence-corrected chi connectivity index (χ1v) is 7.89. The summed E-state index contributed by atoms with van der Waals surface area (Å²) in [6.07, 6.45) is 3.54. The van der Waals surface area contributed by atoms with Crippen molar-refractivity contribution >= 4 is 28.8 Å². The van der Waals surface area contributed by atoms with Crippen LogP contribution < -0.4 is 5.43 Å². The highest BCUT2D eigenvalue weighted by atomic mass is 16.5. The molecule has 0 spiro atoms. The van der Waals surface area contributed by atoms with Gasteiger partial charge in [-0.15, -0.1) is 0 Å². The Morgan fingerprint density at radius 2 is 2.08 bits per heavy atom. The zero-order chi connectivity index (χ0) is 17.3. The molecule has 3 rings (SSSR count). The number of aryl methyl sites for hydroxylation is 1. The number of hydrogen-bond donors (Lipinski definition) is 0. The molecule has 1 heterocycles. The maximum absolute atomic E-state index is 12.2. The van der Waals surface area contributed by atoms with E-state index < -0.39 is 5.97 Å². The number of Topliss-reactive ketones (excluding diaryl/α,β-unsaturated/α-hetero) is 1. The first-order valence-electron chi connectivity index (χ1n) is 7.89. The van der Waals surface area contributed by atoms with E-state index in [9.17, 15) is 14.4 Å². The fraction of sp³-hybridized carbons (Fsp3) is 0.316. The number of benzene rings is 1. The van der Waals surface area contributed by atoms with Crippen molar-refractivity contribution in [3.05, 3.63) is 51.4 Å². The molecular weight excluding hydrogens is 308 g/mol. The maximum Gasteiger partial charge on any atom is 0.341 e. The standard InChI is InChI=1S/C19H18O5/c1-11-8-17(21)15-5-3-4-14(18(15)24-11)9-16(12(2)20)19(22)23-10-13-6-7-13/h3-5,8-9,13H,6-7,10H2,1-2H3/b16-9+. The fourth-order valence-corrected chi connectivity index (χ4v) is 2.44. The molecule has 1 aromatic heterocycles. The normalized spacial score (nSPS) is 14.7. The van der Waals surface area contributed by atoms with E-state index in [4.69, 9.17) is 9.15 Å². The fourth-order valence-electron chi connectivity index (χ4n) is 2.44. The summed E-state index contributed by atoms with van der Waals surface area (Å²) >= 11 is 0. The predicted octanol–water partition coefficient (Wildman–Crippen LogP) is 3.03. The Hall–Kier alpha value is -2.69. The van der Waals surface area contributed by atoms with Crippen LogP contribution in [0.5, 0.6) is 0 Å². The summed E-state index contributed by atoms with van der Waals surface area (Å²) in [4.78, 5) is 36.1. The van der Waals surface area contributed by atoms with Crippen molar-refractivity contribution in [1.82, 2.24) is 0 Å². The lowest BCUT2D eigenvalue weighted by Gasteiger charge is -2.07. The third kappa shape index (κ3) is 3.45. The molecule has 5 heteroatoms. The van der Waals surface area contributed by atoms with Crippen molar-refractivity contribution in [2.75, 3.05) is 6.61 Å². The van der Waals surface area contributed by atoms with Gasteiger partial charge >= 0.3 is 5.97 Å². The highest BCUT2D eigenvalue weighted by molar-refractivity contribution is 6.20. The Labute approximate surface area is 138 Å². The van der Waals surface area contributed by atoms with Crippen molar-refractivity contribution in [3.8, 4) is 0 Å². The predicted molar refractivity (Wildman–Crippen MR) is 89.6 cm³/mol. The van der Waals surface area contributed by atoms with Crippen molar-refractivity contribution in [3.63, 3.8) is 0 Å². The SMILES string of the molecule is CC(=O)/C(=C\c1cccc2c(=O)cc(C)oc12)C(=O)OCC1CC1. The van der Waals surface area contributed by atoms with Gasteiger partial charge in [-0.3, -0.25) is 9.59 Å². The van der Waals surface area contributed by atoms with Gasteiger partial charge in [-0.1, -0.05) is 12.1 Å². The van der Waals surface area contributed by atoms with Crippen LogP contribution in [-0.2, 0) is 14.3 Å². The summed E-state index contributed by atoms with van der Waals surface area (Å²) in [5.41, 5.74) is 0.648. The second kappa shape index (κ2) is 6.43. The number of esters is 1. The molecule has 1 fully saturated rings. The minimum Gasteiger partial charge on any atom is -0.462 e. The topological polar surface area (TPSA) is 73.6 Å². The Bertz CT molecular complexity index is 900. The molecule has 124 valence electrons. The van der Waals surface area contributed by atoms with Crippen LogP contribution in [0.1, 0.15) is 31.1 Å². The molecule has 0 N–H and O–H groups in total. The number of para-hydroxylation sites is 1. The van der Waals surface area contributed by atoms with Gasteiger partial charge in [0, 0.05) is 11.6 Å². The molecule has 1 aromatic carbocycles. The first-order chi connectivity index (χ1) is 11.5. The van der Waals surface area contributed by atoms with Crippen LogP contribution in [0, 0.1) is 12.8 Å². The lowest BCUT2D eigenvalue weighted by Crippen LogP contribution is -2.15. The van der Waals surface area contributed by atoms with Crippen LogP contribution in [0.25, 0.3) is 17.0 Å². The Kier molecular flexibility index (Phi) is 4.34. The Balaban J connectivity index is 2.03. The van der Waals surface area contributed by atoms with E-state index in [2.05, 4.69) is 0 Å². The number of carbonyl (C=O) groups excluding carboxylic acids is 2. The van der Waals surface area contributed by atoms with Gasteiger partial charge in [0.25, 0.3) is 0 Å². The summed E-state index contributed by atoms with van der Waals surface area (Å²) in [7, 11) is 0. The maximum atomic E-state index is 12.2. The number of carbonyl (C=O) groups is 2. The van der Waals surface area contributed by atoms with Gasteiger partial charge in [-0.05, 0) is 44.7 Å². The number of hydrogen-bond acceptors (Lipinski definition) is 5. The average Bonchev–Trinajstić information content (AvgIpc) is 3.34. The molecule has 0 amide bonds. The van der Waals surface area contributed by atoms with Crippen LogP contribution in [0.4, 0.5) is 0 Å². The van der Waals surface area contributed by atoms with Gasteiger partial charge in [-0.25, -0.2) is 4.79 Å². The van der Waals surface area contributed by atoms with E-state index in [1.165, 1.54) is 19.1 Å². The van der Waals surface area contributed by atoms with E-state index in [1.54, 1.807) is 25.1 Å². The number of ketones is 1. The molecule has 0 unspecified atom stereocenters. The molecule has 0 bridgehead atoms. The minimum absolute atomic E-state index is 0.0488. The third-order valence-electron chi connectivity index (χ3n) is 3.95. The van der Waals surface area contributed by atoms with E-state index in [0.29, 0.717) is 34.8 Å². The van der Waals surface area contributed by atoms with Gasteiger partial charge in [0.05, 0.1) is 12.0 Å². The molecule has 1 saturated carbocycles. The monoisotopic (exact) mass is 326 g/mol. The van der Waals surface area contributed by atoms with E-state index >= 15 is 0 Å². The molecule has 0 radical (unpaired) electrons. The van der Waals surface area contributed by atoms with Crippen LogP contribution in [0.15, 0.2) is 39.1 Å². The number of ether oxygens (including phenoxy) is 1. The first kappa shape index (κ1) is 16.2. The van der Waals surface area contributed by atoms with Crippen LogP contribution >= 0.6 is 0 Å². The molecule has 1 aliphatic carbocycles. The zero-order valence-corrected chi connectivity index (χ0v) is 13.6. The molecule has 5 nitrogen and oxygen atoms in total. The molecule has 1 aliphatic rings. The molecule has 0 atom stereocenters. The summed E-state index contributed by atoms with van der Waals surface area (Å²) in [5.74, 6) is -0.140.